The van der Waals surface area contributed by atoms with Crippen molar-refractivity contribution in [2.24, 2.45) is 11.8 Å². The monoisotopic (exact) mass is 197 g/mol. The Labute approximate surface area is 85.3 Å². The van der Waals surface area contributed by atoms with Gasteiger partial charge in [-0.2, -0.15) is 0 Å². The molecule has 0 bridgehead atoms. The van der Waals surface area contributed by atoms with Gasteiger partial charge in [-0.15, -0.1) is 0 Å². The maximum Gasteiger partial charge on any atom is 0.223 e. The van der Waals surface area contributed by atoms with E-state index in [0.717, 1.165) is 32.0 Å². The first-order valence-corrected chi connectivity index (χ1v) is 5.39. The minimum atomic E-state index is -0.289. The number of nitrogens with one attached hydrogen (secondary N) is 1. The highest BCUT2D eigenvalue weighted by atomic mass is 16.2. The van der Waals surface area contributed by atoms with Crippen LogP contribution in [-0.4, -0.2) is 18.2 Å². The van der Waals surface area contributed by atoms with Gasteiger partial charge in [0.2, 0.25) is 5.91 Å². The van der Waals surface area contributed by atoms with Crippen molar-refractivity contribution in [3.05, 3.63) is 0 Å². The van der Waals surface area contributed by atoms with Crippen molar-refractivity contribution in [3.8, 4) is 0 Å². The van der Waals surface area contributed by atoms with Crippen LogP contribution in [0.1, 0.15) is 39.5 Å². The standard InChI is InChI=1S/C11H19NO2/c1-8(2)6-10(7-13)12-11(14)9-4-3-5-9/h7-10H,3-6H2,1-2H3,(H,12,14). The summed E-state index contributed by atoms with van der Waals surface area (Å²) < 4.78 is 0. The number of amides is 1. The van der Waals surface area contributed by atoms with Crippen LogP contribution in [0.15, 0.2) is 0 Å². The van der Waals surface area contributed by atoms with Gasteiger partial charge in [-0.05, 0) is 25.2 Å². The normalized spacial score (nSPS) is 18.8. The molecule has 1 fully saturated rings. The van der Waals surface area contributed by atoms with Crippen LogP contribution in [0.4, 0.5) is 0 Å². The molecule has 3 heteroatoms. The zero-order chi connectivity index (χ0) is 10.6. The molecule has 0 aliphatic heterocycles. The Kier molecular flexibility index (Phi) is 4.11. The molecular formula is C11H19NO2. The molecule has 14 heavy (non-hydrogen) atoms. The van der Waals surface area contributed by atoms with Gasteiger partial charge in [0.25, 0.3) is 0 Å². The van der Waals surface area contributed by atoms with Crippen molar-refractivity contribution in [1.29, 1.82) is 0 Å². The van der Waals surface area contributed by atoms with Crippen molar-refractivity contribution in [3.63, 3.8) is 0 Å². The molecule has 0 aromatic rings. The fourth-order valence-electron chi connectivity index (χ4n) is 1.63. The first kappa shape index (κ1) is 11.2. The lowest BCUT2D eigenvalue weighted by Gasteiger charge is -2.26. The van der Waals surface area contributed by atoms with Crippen molar-refractivity contribution in [2.75, 3.05) is 0 Å². The molecule has 3 nitrogen and oxygen atoms in total. The van der Waals surface area contributed by atoms with E-state index in [1.807, 2.05) is 13.8 Å². The molecule has 1 amide bonds. The van der Waals surface area contributed by atoms with Gasteiger partial charge in [-0.25, -0.2) is 0 Å². The molecule has 1 unspecified atom stereocenters. The van der Waals surface area contributed by atoms with Crippen molar-refractivity contribution < 1.29 is 9.59 Å². The third-order valence-electron chi connectivity index (χ3n) is 2.69. The number of hydrogen-bond acceptors (Lipinski definition) is 2. The lowest BCUT2D eigenvalue weighted by molar-refractivity contribution is -0.129. The van der Waals surface area contributed by atoms with Gasteiger partial charge < -0.3 is 10.1 Å². The summed E-state index contributed by atoms with van der Waals surface area (Å²) in [6.45, 7) is 4.10. The van der Waals surface area contributed by atoms with Gasteiger partial charge in [0.05, 0.1) is 6.04 Å². The highest BCUT2D eigenvalue weighted by Crippen LogP contribution is 2.26. The summed E-state index contributed by atoms with van der Waals surface area (Å²) in [5.41, 5.74) is 0. The van der Waals surface area contributed by atoms with E-state index in [9.17, 15) is 9.59 Å². The van der Waals surface area contributed by atoms with Crippen LogP contribution >= 0.6 is 0 Å². The number of aldehydes is 1. The Morgan fingerprint density at radius 2 is 2.14 bits per heavy atom. The Hall–Kier alpha value is -0.860. The zero-order valence-electron chi connectivity index (χ0n) is 8.95. The zero-order valence-corrected chi connectivity index (χ0v) is 8.95. The largest absolute Gasteiger partial charge is 0.346 e. The molecule has 80 valence electrons. The van der Waals surface area contributed by atoms with Crippen LogP contribution in [0.25, 0.3) is 0 Å². The number of hydrogen-bond donors (Lipinski definition) is 1. The van der Waals surface area contributed by atoms with E-state index >= 15 is 0 Å². The van der Waals surface area contributed by atoms with Gasteiger partial charge in [0.15, 0.2) is 0 Å². The van der Waals surface area contributed by atoms with Gasteiger partial charge in [-0.3, -0.25) is 4.79 Å². The highest BCUT2D eigenvalue weighted by Gasteiger charge is 2.26. The molecule has 1 atom stereocenters. The average molecular weight is 197 g/mol. The van der Waals surface area contributed by atoms with Gasteiger partial charge >= 0.3 is 0 Å². The Balaban J connectivity index is 2.31. The van der Waals surface area contributed by atoms with E-state index in [2.05, 4.69) is 5.32 Å². The van der Waals surface area contributed by atoms with E-state index in [0.29, 0.717) is 5.92 Å². The molecule has 0 heterocycles. The third-order valence-corrected chi connectivity index (χ3v) is 2.69. The van der Waals surface area contributed by atoms with E-state index in [1.54, 1.807) is 0 Å². The summed E-state index contributed by atoms with van der Waals surface area (Å²) in [5, 5.41) is 2.79. The van der Waals surface area contributed by atoms with E-state index < -0.39 is 0 Å². The van der Waals surface area contributed by atoms with Crippen LogP contribution in [-0.2, 0) is 9.59 Å². The van der Waals surface area contributed by atoms with Crippen LogP contribution in [0.2, 0.25) is 0 Å². The molecule has 0 aromatic heterocycles. The second-order valence-electron chi connectivity index (χ2n) is 4.51. The van der Waals surface area contributed by atoms with E-state index in [-0.39, 0.29) is 17.9 Å². The molecule has 0 radical (unpaired) electrons. The molecule has 1 rings (SSSR count). The summed E-state index contributed by atoms with van der Waals surface area (Å²) in [5.74, 6) is 0.672. The smallest absolute Gasteiger partial charge is 0.223 e. The molecule has 0 saturated heterocycles. The topological polar surface area (TPSA) is 46.2 Å². The molecule has 1 N–H and O–H groups in total. The Morgan fingerprint density at radius 1 is 1.50 bits per heavy atom. The maximum absolute atomic E-state index is 11.5. The SMILES string of the molecule is CC(C)CC(C=O)NC(=O)C1CCC1. The lowest BCUT2D eigenvalue weighted by Crippen LogP contribution is -2.42. The van der Waals surface area contributed by atoms with Gasteiger partial charge in [0, 0.05) is 5.92 Å². The Bertz CT molecular complexity index is 209. The van der Waals surface area contributed by atoms with Gasteiger partial charge in [0.1, 0.15) is 6.29 Å². The quantitative estimate of drug-likeness (QED) is 0.679. The molecule has 1 saturated carbocycles. The lowest BCUT2D eigenvalue weighted by atomic mass is 9.84. The summed E-state index contributed by atoms with van der Waals surface area (Å²) in [6.07, 6.45) is 4.70. The number of rotatable bonds is 5. The predicted molar refractivity (Wildman–Crippen MR) is 54.8 cm³/mol. The molecule has 1 aliphatic carbocycles. The summed E-state index contributed by atoms with van der Waals surface area (Å²) in [6, 6.07) is -0.289. The van der Waals surface area contributed by atoms with Crippen LogP contribution in [0.3, 0.4) is 0 Å². The molecular weight excluding hydrogens is 178 g/mol. The Morgan fingerprint density at radius 3 is 2.50 bits per heavy atom. The highest BCUT2D eigenvalue weighted by molar-refractivity contribution is 5.82. The van der Waals surface area contributed by atoms with Crippen LogP contribution < -0.4 is 5.32 Å². The summed E-state index contributed by atoms with van der Waals surface area (Å²) in [4.78, 5) is 22.2. The second kappa shape index (κ2) is 5.13. The maximum atomic E-state index is 11.5. The van der Waals surface area contributed by atoms with E-state index in [4.69, 9.17) is 0 Å². The van der Waals surface area contributed by atoms with Crippen LogP contribution in [0, 0.1) is 11.8 Å². The number of carbonyl (C=O) groups excluding carboxylic acids is 2. The van der Waals surface area contributed by atoms with Crippen LogP contribution in [0.5, 0.6) is 0 Å². The van der Waals surface area contributed by atoms with Gasteiger partial charge in [-0.1, -0.05) is 20.3 Å². The molecule has 0 spiro atoms. The first-order chi connectivity index (χ1) is 6.63. The third kappa shape index (κ3) is 3.13. The molecule has 0 aromatic carbocycles. The minimum Gasteiger partial charge on any atom is -0.346 e. The number of carbonyl (C=O) groups is 2. The fourth-order valence-corrected chi connectivity index (χ4v) is 1.63. The average Bonchev–Trinajstić information content (AvgIpc) is 1.98. The molecule has 1 aliphatic rings. The minimum absolute atomic E-state index is 0.0639. The van der Waals surface area contributed by atoms with Crippen molar-refractivity contribution in [2.45, 2.75) is 45.6 Å². The first-order valence-electron chi connectivity index (χ1n) is 5.39. The van der Waals surface area contributed by atoms with Crippen molar-refractivity contribution >= 4 is 12.2 Å². The fraction of sp³-hybridized carbons (Fsp3) is 0.818. The summed E-state index contributed by atoms with van der Waals surface area (Å²) >= 11 is 0. The van der Waals surface area contributed by atoms with Crippen molar-refractivity contribution in [1.82, 2.24) is 5.32 Å². The predicted octanol–water partition coefficient (Wildman–Crippen LogP) is 1.52. The second-order valence-corrected chi connectivity index (χ2v) is 4.51. The van der Waals surface area contributed by atoms with E-state index in [1.165, 1.54) is 0 Å². The summed E-state index contributed by atoms with van der Waals surface area (Å²) in [7, 11) is 0.